The predicted molar refractivity (Wildman–Crippen MR) is 112 cm³/mol. The lowest BCUT2D eigenvalue weighted by Crippen LogP contribution is -2.16. The molecule has 1 amide bonds. The van der Waals surface area contributed by atoms with E-state index in [9.17, 15) is 13.2 Å². The highest BCUT2D eigenvalue weighted by Crippen LogP contribution is 2.29. The number of methoxy groups -OCH3 is 1. The van der Waals surface area contributed by atoms with Gasteiger partial charge in [-0.15, -0.1) is 0 Å². The van der Waals surface area contributed by atoms with Gasteiger partial charge in [0.25, 0.3) is 5.91 Å². The first kappa shape index (κ1) is 20.4. The molecule has 0 aliphatic carbocycles. The molecule has 1 aromatic heterocycles. The van der Waals surface area contributed by atoms with E-state index in [1.807, 2.05) is 37.3 Å². The second-order valence-electron chi connectivity index (χ2n) is 6.29. The zero-order valence-corrected chi connectivity index (χ0v) is 17.2. The Morgan fingerprint density at radius 3 is 2.52 bits per heavy atom. The second kappa shape index (κ2) is 8.36. The van der Waals surface area contributed by atoms with E-state index in [1.54, 1.807) is 29.8 Å². The van der Waals surface area contributed by atoms with Crippen LogP contribution >= 0.6 is 0 Å². The molecule has 9 heteroatoms. The van der Waals surface area contributed by atoms with Crippen LogP contribution in [0.25, 0.3) is 5.69 Å². The Labute approximate surface area is 169 Å². The third-order valence-corrected chi connectivity index (χ3v) is 5.52. The van der Waals surface area contributed by atoms with Crippen molar-refractivity contribution in [2.24, 2.45) is 0 Å². The van der Waals surface area contributed by atoms with E-state index >= 15 is 0 Å². The molecule has 0 bridgehead atoms. The van der Waals surface area contributed by atoms with E-state index < -0.39 is 10.0 Å². The van der Waals surface area contributed by atoms with Gasteiger partial charge in [-0.05, 0) is 44.2 Å². The van der Waals surface area contributed by atoms with Gasteiger partial charge >= 0.3 is 0 Å². The maximum absolute atomic E-state index is 12.6. The van der Waals surface area contributed by atoms with E-state index in [-0.39, 0.29) is 17.4 Å². The monoisotopic (exact) mass is 414 g/mol. The molecule has 8 nitrogen and oxygen atoms in total. The summed E-state index contributed by atoms with van der Waals surface area (Å²) in [6.07, 6.45) is 0. The minimum atomic E-state index is -3.44. The molecule has 2 N–H and O–H groups in total. The molecule has 0 radical (unpaired) electrons. The van der Waals surface area contributed by atoms with E-state index in [0.717, 1.165) is 11.4 Å². The van der Waals surface area contributed by atoms with Crippen molar-refractivity contribution in [3.05, 3.63) is 66.0 Å². The number of hydrogen-bond donors (Lipinski definition) is 2. The molecular weight excluding hydrogens is 392 g/mol. The number of amides is 1. The average Bonchev–Trinajstić information content (AvgIpc) is 3.11. The van der Waals surface area contributed by atoms with Gasteiger partial charge in [0, 0.05) is 17.4 Å². The molecule has 0 fully saturated rings. The van der Waals surface area contributed by atoms with Crippen LogP contribution in [0.1, 0.15) is 23.1 Å². The maximum atomic E-state index is 12.6. The molecule has 29 heavy (non-hydrogen) atoms. The van der Waals surface area contributed by atoms with E-state index in [4.69, 9.17) is 4.74 Å². The molecule has 152 valence electrons. The summed E-state index contributed by atoms with van der Waals surface area (Å²) in [4.78, 5) is 12.6. The van der Waals surface area contributed by atoms with Crippen LogP contribution in [0.4, 0.5) is 11.4 Å². The van der Waals surface area contributed by atoms with E-state index in [1.165, 1.54) is 13.2 Å². The summed E-state index contributed by atoms with van der Waals surface area (Å²) in [6.45, 7) is 3.41. The minimum Gasteiger partial charge on any atom is -0.494 e. The number of sulfonamides is 1. The van der Waals surface area contributed by atoms with Crippen molar-refractivity contribution < 1.29 is 17.9 Å². The van der Waals surface area contributed by atoms with Crippen molar-refractivity contribution in [2.75, 3.05) is 22.9 Å². The van der Waals surface area contributed by atoms with Crippen LogP contribution in [-0.4, -0.2) is 37.0 Å². The van der Waals surface area contributed by atoms with Crippen molar-refractivity contribution in [1.82, 2.24) is 9.78 Å². The fourth-order valence-corrected chi connectivity index (χ4v) is 3.35. The molecule has 0 unspecified atom stereocenters. The number of rotatable bonds is 7. The molecule has 0 aliphatic rings. The van der Waals surface area contributed by atoms with Crippen molar-refractivity contribution in [1.29, 1.82) is 0 Å². The number of aromatic nitrogens is 2. The number of carbonyl (C=O) groups excluding carboxylic acids is 1. The maximum Gasteiger partial charge on any atom is 0.276 e. The lowest BCUT2D eigenvalue weighted by atomic mass is 10.2. The molecule has 2 aromatic carbocycles. The number of anilines is 2. The van der Waals surface area contributed by atoms with Gasteiger partial charge in [0.15, 0.2) is 5.69 Å². The number of carbonyl (C=O) groups is 1. The highest BCUT2D eigenvalue weighted by Gasteiger charge is 2.16. The molecule has 1 heterocycles. The van der Waals surface area contributed by atoms with Crippen LogP contribution in [-0.2, 0) is 10.0 Å². The summed E-state index contributed by atoms with van der Waals surface area (Å²) in [5.41, 5.74) is 2.71. The lowest BCUT2D eigenvalue weighted by Gasteiger charge is -2.12. The number of nitrogens with one attached hydrogen (secondary N) is 2. The van der Waals surface area contributed by atoms with E-state index in [0.29, 0.717) is 17.1 Å². The van der Waals surface area contributed by atoms with Crippen LogP contribution in [0, 0.1) is 6.92 Å². The van der Waals surface area contributed by atoms with Gasteiger partial charge in [0.05, 0.1) is 24.2 Å². The van der Waals surface area contributed by atoms with Gasteiger partial charge in [0.1, 0.15) is 5.75 Å². The summed E-state index contributed by atoms with van der Waals surface area (Å²) in [7, 11) is -2.02. The Hall–Kier alpha value is -3.33. The SMILES string of the molecule is CCS(=O)(=O)Nc1ccc(NC(=O)c2cc(C)n(-c3ccccc3)n2)cc1OC. The number of para-hydroxylation sites is 1. The van der Waals surface area contributed by atoms with Gasteiger partial charge < -0.3 is 10.1 Å². The van der Waals surface area contributed by atoms with Crippen molar-refractivity contribution in [3.63, 3.8) is 0 Å². The largest absolute Gasteiger partial charge is 0.494 e. The summed E-state index contributed by atoms with van der Waals surface area (Å²) >= 11 is 0. The molecule has 0 aliphatic heterocycles. The number of ether oxygens (including phenoxy) is 1. The zero-order chi connectivity index (χ0) is 21.0. The first-order chi connectivity index (χ1) is 13.8. The Kier molecular flexibility index (Phi) is 5.88. The lowest BCUT2D eigenvalue weighted by molar-refractivity contribution is 0.102. The Morgan fingerprint density at radius 1 is 1.14 bits per heavy atom. The topological polar surface area (TPSA) is 102 Å². The van der Waals surface area contributed by atoms with Crippen LogP contribution in [0.3, 0.4) is 0 Å². The fraction of sp³-hybridized carbons (Fsp3) is 0.200. The van der Waals surface area contributed by atoms with Gasteiger partial charge in [-0.1, -0.05) is 18.2 Å². The van der Waals surface area contributed by atoms with Gasteiger partial charge in [0.2, 0.25) is 10.0 Å². The van der Waals surface area contributed by atoms with Crippen LogP contribution < -0.4 is 14.8 Å². The molecule has 0 saturated carbocycles. The second-order valence-corrected chi connectivity index (χ2v) is 8.30. The van der Waals surface area contributed by atoms with Gasteiger partial charge in [-0.3, -0.25) is 9.52 Å². The number of hydrogen-bond acceptors (Lipinski definition) is 5. The Morgan fingerprint density at radius 2 is 1.86 bits per heavy atom. The fourth-order valence-electron chi connectivity index (χ4n) is 2.70. The zero-order valence-electron chi connectivity index (χ0n) is 16.3. The minimum absolute atomic E-state index is 0.0575. The molecule has 3 rings (SSSR count). The third-order valence-electron chi connectivity index (χ3n) is 4.23. The third kappa shape index (κ3) is 4.75. The van der Waals surface area contributed by atoms with Crippen molar-refractivity contribution in [3.8, 4) is 11.4 Å². The van der Waals surface area contributed by atoms with Crippen LogP contribution in [0.15, 0.2) is 54.6 Å². The average molecular weight is 414 g/mol. The number of nitrogens with zero attached hydrogens (tertiary/aromatic N) is 2. The summed E-state index contributed by atoms with van der Waals surface area (Å²) in [5.74, 6) is -0.143. The molecule has 3 aromatic rings. The first-order valence-corrected chi connectivity index (χ1v) is 10.6. The summed E-state index contributed by atoms with van der Waals surface area (Å²) < 4.78 is 33.0. The summed E-state index contributed by atoms with van der Waals surface area (Å²) in [6, 6.07) is 15.9. The molecular formula is C20H22N4O4S. The van der Waals surface area contributed by atoms with Gasteiger partial charge in [-0.2, -0.15) is 5.10 Å². The normalized spacial score (nSPS) is 11.1. The highest BCUT2D eigenvalue weighted by atomic mass is 32.2. The van der Waals surface area contributed by atoms with Crippen molar-refractivity contribution in [2.45, 2.75) is 13.8 Å². The Bertz CT molecular complexity index is 1120. The van der Waals surface area contributed by atoms with Crippen LogP contribution in [0.2, 0.25) is 0 Å². The summed E-state index contributed by atoms with van der Waals surface area (Å²) in [5, 5.41) is 7.13. The molecule has 0 spiro atoms. The molecule has 0 saturated heterocycles. The smallest absolute Gasteiger partial charge is 0.276 e. The highest BCUT2D eigenvalue weighted by molar-refractivity contribution is 7.92. The van der Waals surface area contributed by atoms with E-state index in [2.05, 4.69) is 15.1 Å². The number of aryl methyl sites for hydroxylation is 1. The Balaban J connectivity index is 1.81. The number of benzene rings is 2. The van der Waals surface area contributed by atoms with Gasteiger partial charge in [-0.25, -0.2) is 13.1 Å². The predicted octanol–water partition coefficient (Wildman–Crippen LogP) is 3.20. The van der Waals surface area contributed by atoms with Crippen LogP contribution in [0.5, 0.6) is 5.75 Å². The molecule has 0 atom stereocenters. The first-order valence-electron chi connectivity index (χ1n) is 8.95. The quantitative estimate of drug-likeness (QED) is 0.618. The van der Waals surface area contributed by atoms with Crippen molar-refractivity contribution >= 4 is 27.3 Å². The standard InChI is InChI=1S/C20H22N4O4S/c1-4-29(26,27)23-17-11-10-15(13-19(17)28-3)21-20(25)18-12-14(2)24(22-18)16-8-6-5-7-9-16/h5-13,23H,4H2,1-3H3,(H,21,25).